The molecule has 0 saturated carbocycles. The quantitative estimate of drug-likeness (QED) is 0.802. The van der Waals surface area contributed by atoms with Crippen molar-refractivity contribution < 1.29 is 4.74 Å². The lowest BCUT2D eigenvalue weighted by atomic mass is 10.2. The van der Waals surface area contributed by atoms with Crippen LogP contribution in [0.25, 0.3) is 10.6 Å². The Morgan fingerprint density at radius 3 is 2.95 bits per heavy atom. The third-order valence-electron chi connectivity index (χ3n) is 3.90. The van der Waals surface area contributed by atoms with Crippen LogP contribution >= 0.6 is 11.3 Å². The average molecular weight is 320 g/mol. The Morgan fingerprint density at radius 2 is 2.23 bits per heavy atom. The topological polar surface area (TPSA) is 53.2 Å². The second kappa shape index (κ2) is 7.37. The van der Waals surface area contributed by atoms with E-state index in [0.29, 0.717) is 12.2 Å². The zero-order chi connectivity index (χ0) is 15.4. The molecule has 0 amide bonds. The van der Waals surface area contributed by atoms with Gasteiger partial charge in [-0.15, -0.1) is 11.3 Å². The van der Waals surface area contributed by atoms with Gasteiger partial charge in [-0.25, -0.2) is 0 Å². The number of thiophene rings is 1. The van der Waals surface area contributed by atoms with Crippen LogP contribution in [0.2, 0.25) is 0 Å². The van der Waals surface area contributed by atoms with E-state index in [4.69, 9.17) is 4.74 Å². The van der Waals surface area contributed by atoms with Gasteiger partial charge in [0.25, 0.3) is 0 Å². The van der Waals surface area contributed by atoms with Gasteiger partial charge in [0.15, 0.2) is 0 Å². The lowest BCUT2D eigenvalue weighted by molar-refractivity contribution is -0.0674. The molecule has 0 radical (unpaired) electrons. The van der Waals surface area contributed by atoms with Crippen molar-refractivity contribution in [3.05, 3.63) is 29.3 Å². The summed E-state index contributed by atoms with van der Waals surface area (Å²) < 4.78 is 5.77. The standard InChI is InChI=1S/C16H24N4OS/c1-12-10-20(11-13(2)21-12)6-5-17-8-14-9-18-19-16(14)15-4-3-7-22-15/h3-4,7,9,12-13,17H,5-6,8,10-11H2,1-2H3,(H,18,19)/t12-,13+. The highest BCUT2D eigenvalue weighted by molar-refractivity contribution is 7.13. The summed E-state index contributed by atoms with van der Waals surface area (Å²) in [6.07, 6.45) is 2.59. The van der Waals surface area contributed by atoms with Gasteiger partial charge in [0.1, 0.15) is 0 Å². The van der Waals surface area contributed by atoms with Crippen molar-refractivity contribution in [2.24, 2.45) is 0 Å². The first-order chi connectivity index (χ1) is 10.7. The van der Waals surface area contributed by atoms with Crippen molar-refractivity contribution in [1.29, 1.82) is 0 Å². The van der Waals surface area contributed by atoms with Crippen molar-refractivity contribution in [2.45, 2.75) is 32.6 Å². The van der Waals surface area contributed by atoms with Crippen molar-refractivity contribution in [2.75, 3.05) is 26.2 Å². The van der Waals surface area contributed by atoms with Crippen LogP contribution in [0.4, 0.5) is 0 Å². The van der Waals surface area contributed by atoms with Gasteiger partial charge in [-0.1, -0.05) is 6.07 Å². The second-order valence-electron chi connectivity index (χ2n) is 5.94. The van der Waals surface area contributed by atoms with Crippen LogP contribution < -0.4 is 5.32 Å². The highest BCUT2D eigenvalue weighted by Gasteiger charge is 2.21. The third kappa shape index (κ3) is 3.95. The summed E-state index contributed by atoms with van der Waals surface area (Å²) in [7, 11) is 0. The normalized spacial score (nSPS) is 23.0. The minimum atomic E-state index is 0.336. The minimum absolute atomic E-state index is 0.336. The molecule has 0 aromatic carbocycles. The van der Waals surface area contributed by atoms with Crippen LogP contribution in [0, 0.1) is 0 Å². The van der Waals surface area contributed by atoms with Crippen molar-refractivity contribution in [1.82, 2.24) is 20.4 Å². The predicted octanol–water partition coefficient (Wildman–Crippen LogP) is 2.34. The summed E-state index contributed by atoms with van der Waals surface area (Å²) in [5.41, 5.74) is 2.36. The number of nitrogens with one attached hydrogen (secondary N) is 2. The first kappa shape index (κ1) is 15.7. The van der Waals surface area contributed by atoms with E-state index in [1.165, 1.54) is 10.4 Å². The van der Waals surface area contributed by atoms with Gasteiger partial charge in [-0.2, -0.15) is 5.10 Å². The number of morpholine rings is 1. The van der Waals surface area contributed by atoms with Crippen LogP contribution in [-0.4, -0.2) is 53.5 Å². The summed E-state index contributed by atoms with van der Waals surface area (Å²) in [5, 5.41) is 12.9. The van der Waals surface area contributed by atoms with E-state index in [1.807, 2.05) is 6.20 Å². The molecule has 0 aliphatic carbocycles. The highest BCUT2D eigenvalue weighted by Crippen LogP contribution is 2.25. The largest absolute Gasteiger partial charge is 0.373 e. The van der Waals surface area contributed by atoms with Gasteiger partial charge in [0.2, 0.25) is 0 Å². The first-order valence-electron chi connectivity index (χ1n) is 7.87. The van der Waals surface area contributed by atoms with Crippen LogP contribution in [-0.2, 0) is 11.3 Å². The molecule has 6 heteroatoms. The molecular formula is C16H24N4OS. The van der Waals surface area contributed by atoms with E-state index in [0.717, 1.165) is 38.4 Å². The number of hydrogen-bond acceptors (Lipinski definition) is 5. The zero-order valence-electron chi connectivity index (χ0n) is 13.2. The van der Waals surface area contributed by atoms with Gasteiger partial charge >= 0.3 is 0 Å². The van der Waals surface area contributed by atoms with Gasteiger partial charge in [-0.3, -0.25) is 10.00 Å². The molecule has 2 aromatic rings. The van der Waals surface area contributed by atoms with E-state index >= 15 is 0 Å². The highest BCUT2D eigenvalue weighted by atomic mass is 32.1. The molecule has 22 heavy (non-hydrogen) atoms. The fourth-order valence-corrected chi connectivity index (χ4v) is 3.76. The molecule has 2 aromatic heterocycles. The summed E-state index contributed by atoms with van der Waals surface area (Å²) in [4.78, 5) is 3.71. The molecule has 1 aliphatic rings. The fraction of sp³-hybridized carbons (Fsp3) is 0.562. The fourth-order valence-electron chi connectivity index (χ4n) is 3.01. The van der Waals surface area contributed by atoms with E-state index < -0.39 is 0 Å². The van der Waals surface area contributed by atoms with Crippen molar-refractivity contribution >= 4 is 11.3 Å². The van der Waals surface area contributed by atoms with Crippen LogP contribution in [0.3, 0.4) is 0 Å². The summed E-state index contributed by atoms with van der Waals surface area (Å²) in [6, 6.07) is 4.19. The first-order valence-corrected chi connectivity index (χ1v) is 8.75. The third-order valence-corrected chi connectivity index (χ3v) is 4.79. The number of rotatable bonds is 6. The predicted molar refractivity (Wildman–Crippen MR) is 90.1 cm³/mol. The maximum Gasteiger partial charge on any atom is 0.0794 e. The number of aromatic nitrogens is 2. The molecule has 1 saturated heterocycles. The molecule has 1 fully saturated rings. The number of aromatic amines is 1. The molecule has 1 aliphatic heterocycles. The number of ether oxygens (including phenoxy) is 1. The van der Waals surface area contributed by atoms with Crippen LogP contribution in [0.1, 0.15) is 19.4 Å². The molecule has 0 bridgehead atoms. The van der Waals surface area contributed by atoms with Gasteiger partial charge < -0.3 is 10.1 Å². The summed E-state index contributed by atoms with van der Waals surface area (Å²) >= 11 is 1.74. The van der Waals surface area contributed by atoms with E-state index in [2.05, 4.69) is 51.8 Å². The second-order valence-corrected chi connectivity index (χ2v) is 6.89. The lowest BCUT2D eigenvalue weighted by Crippen LogP contribution is -2.47. The molecule has 120 valence electrons. The Kier molecular flexibility index (Phi) is 5.25. The Labute approximate surface area is 135 Å². The number of H-pyrrole nitrogens is 1. The molecule has 3 heterocycles. The van der Waals surface area contributed by atoms with E-state index in [9.17, 15) is 0 Å². The zero-order valence-corrected chi connectivity index (χ0v) is 14.0. The molecule has 0 unspecified atom stereocenters. The van der Waals surface area contributed by atoms with Crippen LogP contribution in [0.15, 0.2) is 23.7 Å². The summed E-state index contributed by atoms with van der Waals surface area (Å²) in [6.45, 7) is 9.23. The molecule has 2 N–H and O–H groups in total. The van der Waals surface area contributed by atoms with Crippen molar-refractivity contribution in [3.63, 3.8) is 0 Å². The van der Waals surface area contributed by atoms with Crippen molar-refractivity contribution in [3.8, 4) is 10.6 Å². The monoisotopic (exact) mass is 320 g/mol. The number of hydrogen-bond donors (Lipinski definition) is 2. The van der Waals surface area contributed by atoms with E-state index in [1.54, 1.807) is 11.3 Å². The van der Waals surface area contributed by atoms with Gasteiger partial charge in [0, 0.05) is 38.3 Å². The molecular weight excluding hydrogens is 296 g/mol. The number of nitrogens with zero attached hydrogens (tertiary/aromatic N) is 2. The molecule has 0 spiro atoms. The minimum Gasteiger partial charge on any atom is -0.373 e. The Balaban J connectivity index is 1.45. The van der Waals surface area contributed by atoms with Crippen LogP contribution in [0.5, 0.6) is 0 Å². The van der Waals surface area contributed by atoms with Gasteiger partial charge in [-0.05, 0) is 25.3 Å². The SMILES string of the molecule is C[C@@H]1CN(CCNCc2cn[nH]c2-c2cccs2)C[C@H](C)O1. The van der Waals surface area contributed by atoms with E-state index in [-0.39, 0.29) is 0 Å². The maximum absolute atomic E-state index is 5.77. The maximum atomic E-state index is 5.77. The average Bonchev–Trinajstić information content (AvgIpc) is 3.13. The Bertz CT molecular complexity index is 558. The molecule has 2 atom stereocenters. The lowest BCUT2D eigenvalue weighted by Gasteiger charge is -2.35. The Hall–Kier alpha value is -1.21. The summed E-state index contributed by atoms with van der Waals surface area (Å²) in [5.74, 6) is 0. The molecule has 3 rings (SSSR count). The molecule has 5 nitrogen and oxygen atoms in total. The smallest absolute Gasteiger partial charge is 0.0794 e. The Morgan fingerprint density at radius 1 is 1.41 bits per heavy atom. The van der Waals surface area contributed by atoms with Gasteiger partial charge in [0.05, 0.1) is 29.0 Å².